The smallest absolute Gasteiger partial charge is 0.339 e. The van der Waals surface area contributed by atoms with Crippen LogP contribution in [-0.2, 0) is 51.8 Å². The Hall–Kier alpha value is -4.29. The van der Waals surface area contributed by atoms with Crippen LogP contribution in [-0.4, -0.2) is 106 Å². The maximum Gasteiger partial charge on any atom is 0.339 e. The van der Waals surface area contributed by atoms with E-state index in [1.54, 1.807) is 6.26 Å². The molecule has 25 unspecified atom stereocenters. The molecule has 1 aromatic carbocycles. The molecule has 2 aromatic rings. The van der Waals surface area contributed by atoms with E-state index in [9.17, 15) is 10.2 Å². The highest BCUT2D eigenvalue weighted by atomic mass is 16.7. The number of nitrogens with one attached hydrogen (secondary N) is 1. The molecule has 10 saturated carbocycles. The number of allylic oxidation sites excluding steroid dienone is 1. The number of cyclic esters (lactones) is 1. The average Bonchev–Trinajstić information content (AvgIpc) is 1.43. The van der Waals surface area contributed by atoms with Gasteiger partial charge in [0.2, 0.25) is 0 Å². The number of nitrogens with zero attached hydrogens (tertiary/aromatic N) is 1. The van der Waals surface area contributed by atoms with Crippen LogP contribution >= 0.6 is 0 Å². The second kappa shape index (κ2) is 19.0. The van der Waals surface area contributed by atoms with Gasteiger partial charge in [-0.3, -0.25) is 14.9 Å². The molecule has 15 fully saturated rings. The van der Waals surface area contributed by atoms with E-state index in [0.29, 0.717) is 49.3 Å². The zero-order valence-corrected chi connectivity index (χ0v) is 53.6. The van der Waals surface area contributed by atoms with Crippen molar-refractivity contribution in [1.29, 1.82) is 0 Å². The molecular weight excluding hydrogens is 1140 g/mol. The van der Waals surface area contributed by atoms with Crippen LogP contribution in [0.1, 0.15) is 184 Å². The molecule has 25 atom stereocenters. The van der Waals surface area contributed by atoms with Crippen molar-refractivity contribution in [3.05, 3.63) is 83.5 Å². The Bertz CT molecular complexity index is 3540. The third kappa shape index (κ3) is 6.55. The van der Waals surface area contributed by atoms with Crippen LogP contribution in [0.3, 0.4) is 0 Å². The Balaban J connectivity index is 0.827. The van der Waals surface area contributed by atoms with Crippen molar-refractivity contribution in [3.8, 4) is 11.8 Å². The predicted octanol–water partition coefficient (Wildman–Crippen LogP) is 10.9. The number of furan rings is 1. The number of aliphatic hydroxyl groups is 3. The van der Waals surface area contributed by atoms with Gasteiger partial charge in [-0.25, -0.2) is 4.79 Å². The van der Waals surface area contributed by atoms with E-state index in [0.717, 1.165) is 128 Å². The number of ketones is 1. The molecule has 20 rings (SSSR count). The largest absolute Gasteiger partial charge is 0.469 e. The molecule has 0 radical (unpaired) electrons. The molecule has 13 heteroatoms. The first-order valence-corrected chi connectivity index (χ1v) is 36.9. The maximum atomic E-state index is 17.9. The lowest BCUT2D eigenvalue weighted by atomic mass is 9.28. The Morgan fingerprint density at radius 1 is 0.868 bits per heavy atom. The standard InChI is InChI=1S/C78H96N2O11/c1-69-38-50-39-72-52(20-27-71(72)30-29-70(42-71)24-8-9-25-70)36-53-21-28-74(51-14-6-3-7-15-51)63-61(83)65(84)76(62(50)73(63)43-88-67(85)64(72)77(53,73)91-74)57-34-46(33-45-11-4-2-5-12-45)16-17-47(57)13-10-26-75(69,90-68(86)66-78(69,76)89-66)56-23-32-87-60(56)37-55(59(82)41-81)48-18-19-54-49(35-48)22-31-80-44-79-40-58(54)80/h2,4-5,11-12,21-23,31-32,46-52,54-55,57-59,62-66,79,81-82,84H,3,6-9,14-20,24-30,33-44H2,1H3. The lowest BCUT2D eigenvalue weighted by molar-refractivity contribution is -0.315. The molecular formula is C78H96N2O11. The van der Waals surface area contributed by atoms with Gasteiger partial charge in [0.1, 0.15) is 29.7 Å². The van der Waals surface area contributed by atoms with Crippen LogP contribution < -0.4 is 5.32 Å². The number of aliphatic hydroxyl groups excluding tert-OH is 3. The third-order valence-corrected chi connectivity index (χ3v) is 32.6. The Kier molecular flexibility index (Phi) is 11.9. The van der Waals surface area contributed by atoms with Gasteiger partial charge in [0.25, 0.3) is 0 Å². The number of benzene rings is 1. The Labute approximate surface area is 536 Å². The van der Waals surface area contributed by atoms with Gasteiger partial charge in [0.15, 0.2) is 17.5 Å². The first-order chi connectivity index (χ1) is 44.2. The summed E-state index contributed by atoms with van der Waals surface area (Å²) in [5, 5.41) is 42.1. The van der Waals surface area contributed by atoms with Crippen molar-refractivity contribution >= 4 is 17.7 Å². The van der Waals surface area contributed by atoms with Gasteiger partial charge in [0, 0.05) is 41.3 Å². The minimum absolute atomic E-state index is 0.0518. The zero-order chi connectivity index (χ0) is 61.1. The van der Waals surface area contributed by atoms with E-state index in [4.69, 9.17) is 23.4 Å². The summed E-state index contributed by atoms with van der Waals surface area (Å²) in [7, 11) is 0. The van der Waals surface area contributed by atoms with Gasteiger partial charge < -0.3 is 43.6 Å². The van der Waals surface area contributed by atoms with E-state index in [-0.39, 0.29) is 89.6 Å². The number of carbonyl (C=O) groups is 3. The van der Waals surface area contributed by atoms with Gasteiger partial charge in [-0.1, -0.05) is 93.4 Å². The Morgan fingerprint density at radius 3 is 2.57 bits per heavy atom. The summed E-state index contributed by atoms with van der Waals surface area (Å²) < 4.78 is 38.4. The number of carbonyl (C=O) groups excluding carboxylic acids is 3. The van der Waals surface area contributed by atoms with Gasteiger partial charge in [-0.2, -0.15) is 0 Å². The fraction of sp³-hybridized carbons (Fsp3) is 0.756. The van der Waals surface area contributed by atoms with Crippen LogP contribution in [0.15, 0.2) is 71.0 Å². The van der Waals surface area contributed by atoms with Crippen LogP contribution in [0, 0.1) is 121 Å². The first-order valence-electron chi connectivity index (χ1n) is 36.9. The van der Waals surface area contributed by atoms with Crippen LogP contribution in [0.2, 0.25) is 0 Å². The van der Waals surface area contributed by atoms with Crippen molar-refractivity contribution in [2.75, 3.05) is 26.4 Å². The fourth-order valence-corrected chi connectivity index (χ4v) is 30.0. The molecule has 7 spiro atoms. The molecule has 1 aromatic heterocycles. The molecule has 13 nitrogen and oxygen atoms in total. The van der Waals surface area contributed by atoms with Crippen LogP contribution in [0.4, 0.5) is 0 Å². The highest BCUT2D eigenvalue weighted by molar-refractivity contribution is 5.94. The SMILES string of the molecule is CC12CC3CC45C(CCC46CCC4(CCCC4)C6)CC4=CCC6(C7CCCCC7)OC47C5C(=O)OCC74C6C(=O)C(O)C5(C6CC(Cc7ccccc7)CCC6C#CCC1(c1ccoc1CC(C(O)CO)C1CCC6C(C=CN7CNCC67)C1)OC(=O)C1OC152)C34. The van der Waals surface area contributed by atoms with Gasteiger partial charge in [0.05, 0.1) is 54.9 Å². The highest BCUT2D eigenvalue weighted by Crippen LogP contribution is 2.93. The number of hydrogen-bond acceptors (Lipinski definition) is 13. The summed E-state index contributed by atoms with van der Waals surface area (Å²) in [6.07, 6.45) is 30.2. The van der Waals surface area contributed by atoms with E-state index >= 15 is 19.5 Å². The summed E-state index contributed by atoms with van der Waals surface area (Å²) in [6, 6.07) is 13.3. The zero-order valence-electron chi connectivity index (χ0n) is 53.6. The topological polar surface area (TPSA) is 181 Å². The number of rotatable bonds is 9. The molecule has 91 heavy (non-hydrogen) atoms. The normalized spacial score (nSPS) is 51.5. The molecule has 7 aliphatic heterocycles. The second-order valence-electron chi connectivity index (χ2n) is 34.8. The van der Waals surface area contributed by atoms with E-state index < -0.39 is 86.1 Å². The molecule has 18 aliphatic rings. The second-order valence-corrected chi connectivity index (χ2v) is 34.8. The maximum absolute atomic E-state index is 17.9. The lowest BCUT2D eigenvalue weighted by Gasteiger charge is -2.74. The molecule has 9 bridgehead atoms. The predicted molar refractivity (Wildman–Crippen MR) is 334 cm³/mol. The van der Waals surface area contributed by atoms with Crippen molar-refractivity contribution in [2.24, 2.45) is 109 Å². The van der Waals surface area contributed by atoms with Crippen molar-refractivity contribution < 1.29 is 53.1 Å². The third-order valence-electron chi connectivity index (χ3n) is 32.6. The molecule has 4 N–H and O–H groups in total. The minimum atomic E-state index is -1.55. The number of ether oxygens (including phenoxy) is 4. The molecule has 0 amide bonds. The van der Waals surface area contributed by atoms with Crippen LogP contribution in [0.25, 0.3) is 0 Å². The Morgan fingerprint density at radius 2 is 1.73 bits per heavy atom. The molecule has 8 heterocycles. The number of epoxide rings is 1. The molecule has 11 aliphatic carbocycles. The highest BCUT2D eigenvalue weighted by Gasteiger charge is 3.00. The summed E-state index contributed by atoms with van der Waals surface area (Å²) >= 11 is 0. The first kappa shape index (κ1) is 57.0. The van der Waals surface area contributed by atoms with E-state index in [1.165, 1.54) is 43.2 Å². The summed E-state index contributed by atoms with van der Waals surface area (Å²) in [4.78, 5) is 53.2. The average molecular weight is 1240 g/mol. The van der Waals surface area contributed by atoms with Crippen molar-refractivity contribution in [3.63, 3.8) is 0 Å². The van der Waals surface area contributed by atoms with Gasteiger partial charge in [-0.05, 0) is 227 Å². The monoisotopic (exact) mass is 1240 g/mol. The summed E-state index contributed by atoms with van der Waals surface area (Å²) in [5.74, 6) is 6.15. The van der Waals surface area contributed by atoms with E-state index in [1.807, 2.05) is 6.07 Å². The number of Topliss-reactive ketones (excluding diaryl/α,β-unsaturated/α-hetero) is 1. The minimum Gasteiger partial charge on any atom is -0.469 e. The summed E-state index contributed by atoms with van der Waals surface area (Å²) in [6.45, 7) is 3.84. The van der Waals surface area contributed by atoms with Gasteiger partial charge in [-0.15, -0.1) is 0 Å². The van der Waals surface area contributed by atoms with E-state index in [2.05, 4.69) is 77.7 Å². The van der Waals surface area contributed by atoms with Gasteiger partial charge >= 0.3 is 11.9 Å². The molecule has 5 saturated heterocycles. The van der Waals surface area contributed by atoms with Crippen molar-refractivity contribution in [2.45, 2.75) is 227 Å². The van der Waals surface area contributed by atoms with Crippen LogP contribution in [0.5, 0.6) is 0 Å². The quantitative estimate of drug-likeness (QED) is 0.0807. The fourth-order valence-electron chi connectivity index (χ4n) is 30.0. The molecule has 484 valence electrons. The summed E-state index contributed by atoms with van der Waals surface area (Å²) in [5.41, 5.74) is -5.87. The number of esters is 2. The number of fused-ring (bicyclic) bond motifs is 6. The lowest BCUT2D eigenvalue weighted by Crippen LogP contribution is -2.84. The van der Waals surface area contributed by atoms with Crippen molar-refractivity contribution in [1.82, 2.24) is 10.2 Å². The number of hydrogen-bond donors (Lipinski definition) is 4.